The monoisotopic (exact) mass is 253 g/mol. The van der Waals surface area contributed by atoms with Crippen LogP contribution in [0.4, 0.5) is 5.82 Å². The van der Waals surface area contributed by atoms with Gasteiger partial charge in [0.1, 0.15) is 5.82 Å². The number of hydrogen-bond donors (Lipinski definition) is 1. The highest BCUT2D eigenvalue weighted by Gasteiger charge is 2.07. The molecular formula is C13H23N3O2. The van der Waals surface area contributed by atoms with Crippen molar-refractivity contribution >= 4 is 5.82 Å². The van der Waals surface area contributed by atoms with Gasteiger partial charge in [-0.3, -0.25) is 0 Å². The third kappa shape index (κ3) is 5.00. The lowest BCUT2D eigenvalue weighted by Gasteiger charge is -2.23. The second kappa shape index (κ2) is 8.85. The fourth-order valence-electron chi connectivity index (χ4n) is 1.66. The summed E-state index contributed by atoms with van der Waals surface area (Å²) in [6, 6.07) is 4.10. The van der Waals surface area contributed by atoms with Gasteiger partial charge in [0.05, 0.1) is 13.2 Å². The molecule has 5 nitrogen and oxygen atoms in total. The first kappa shape index (κ1) is 14.9. The number of nitrogens with zero attached hydrogens (tertiary/aromatic N) is 2. The first-order valence-corrected chi connectivity index (χ1v) is 6.19. The highest BCUT2D eigenvalue weighted by atomic mass is 16.5. The molecule has 1 heterocycles. The minimum atomic E-state index is 0.651. The maximum atomic E-state index is 5.52. The SMILES string of the molecule is COCCN(CCOC)c1ccc(CCN)cn1. The molecule has 0 aliphatic carbocycles. The van der Waals surface area contributed by atoms with Gasteiger partial charge in [-0.15, -0.1) is 0 Å². The minimum Gasteiger partial charge on any atom is -0.383 e. The van der Waals surface area contributed by atoms with Gasteiger partial charge in [0, 0.05) is 33.5 Å². The highest BCUT2D eigenvalue weighted by molar-refractivity contribution is 5.39. The van der Waals surface area contributed by atoms with Crippen LogP contribution in [0.5, 0.6) is 0 Å². The molecule has 1 rings (SSSR count). The highest BCUT2D eigenvalue weighted by Crippen LogP contribution is 2.11. The molecule has 0 spiro atoms. The zero-order valence-corrected chi connectivity index (χ0v) is 11.3. The van der Waals surface area contributed by atoms with Crippen LogP contribution in [-0.4, -0.2) is 52.1 Å². The molecule has 102 valence electrons. The molecule has 1 aromatic heterocycles. The van der Waals surface area contributed by atoms with Gasteiger partial charge in [-0.2, -0.15) is 0 Å². The summed E-state index contributed by atoms with van der Waals surface area (Å²) in [6.45, 7) is 3.62. The van der Waals surface area contributed by atoms with Crippen LogP contribution < -0.4 is 10.6 Å². The average Bonchev–Trinajstić information content (AvgIpc) is 2.41. The zero-order chi connectivity index (χ0) is 13.2. The topological polar surface area (TPSA) is 60.6 Å². The fourth-order valence-corrected chi connectivity index (χ4v) is 1.66. The number of pyridine rings is 1. The van der Waals surface area contributed by atoms with Gasteiger partial charge >= 0.3 is 0 Å². The Hall–Kier alpha value is -1.17. The van der Waals surface area contributed by atoms with E-state index in [9.17, 15) is 0 Å². The van der Waals surface area contributed by atoms with E-state index in [1.54, 1.807) is 14.2 Å². The standard InChI is InChI=1S/C13H23N3O2/c1-17-9-7-16(8-10-18-2)13-4-3-12(5-6-14)11-15-13/h3-4,11H,5-10,14H2,1-2H3. The average molecular weight is 253 g/mol. The summed E-state index contributed by atoms with van der Waals surface area (Å²) in [4.78, 5) is 6.61. The lowest BCUT2D eigenvalue weighted by Crippen LogP contribution is -2.31. The van der Waals surface area contributed by atoms with Gasteiger partial charge in [0.25, 0.3) is 0 Å². The first-order valence-electron chi connectivity index (χ1n) is 6.19. The van der Waals surface area contributed by atoms with Crippen molar-refractivity contribution in [1.82, 2.24) is 4.98 Å². The van der Waals surface area contributed by atoms with Crippen molar-refractivity contribution in [3.63, 3.8) is 0 Å². The van der Waals surface area contributed by atoms with E-state index in [4.69, 9.17) is 15.2 Å². The molecule has 0 aliphatic heterocycles. The maximum Gasteiger partial charge on any atom is 0.128 e. The number of nitrogens with two attached hydrogens (primary N) is 1. The molecule has 0 unspecified atom stereocenters. The number of hydrogen-bond acceptors (Lipinski definition) is 5. The molecule has 0 radical (unpaired) electrons. The van der Waals surface area contributed by atoms with Crippen LogP contribution in [0.15, 0.2) is 18.3 Å². The number of anilines is 1. The van der Waals surface area contributed by atoms with Crippen LogP contribution in [0.25, 0.3) is 0 Å². The summed E-state index contributed by atoms with van der Waals surface area (Å²) < 4.78 is 10.2. The van der Waals surface area contributed by atoms with Crippen LogP contribution in [-0.2, 0) is 15.9 Å². The summed E-state index contributed by atoms with van der Waals surface area (Å²) >= 11 is 0. The van der Waals surface area contributed by atoms with E-state index >= 15 is 0 Å². The predicted octanol–water partition coefficient (Wildman–Crippen LogP) is 0.682. The smallest absolute Gasteiger partial charge is 0.128 e. The van der Waals surface area contributed by atoms with Crippen LogP contribution in [0.3, 0.4) is 0 Å². The molecule has 1 aromatic rings. The Morgan fingerprint density at radius 1 is 1.17 bits per heavy atom. The lowest BCUT2D eigenvalue weighted by atomic mass is 10.2. The summed E-state index contributed by atoms with van der Waals surface area (Å²) in [5, 5.41) is 0. The van der Waals surface area contributed by atoms with Gasteiger partial charge in [-0.25, -0.2) is 4.98 Å². The lowest BCUT2D eigenvalue weighted by molar-refractivity contribution is 0.190. The van der Waals surface area contributed by atoms with Crippen molar-refractivity contribution in [2.45, 2.75) is 6.42 Å². The normalized spacial score (nSPS) is 10.6. The molecule has 2 N–H and O–H groups in total. The Morgan fingerprint density at radius 2 is 1.83 bits per heavy atom. The predicted molar refractivity (Wildman–Crippen MR) is 73.0 cm³/mol. The van der Waals surface area contributed by atoms with E-state index in [-0.39, 0.29) is 0 Å². The van der Waals surface area contributed by atoms with E-state index in [2.05, 4.69) is 16.0 Å². The molecule has 0 saturated heterocycles. The van der Waals surface area contributed by atoms with Gasteiger partial charge in [0.2, 0.25) is 0 Å². The molecular weight excluding hydrogens is 230 g/mol. The van der Waals surface area contributed by atoms with Gasteiger partial charge in [-0.05, 0) is 24.6 Å². The van der Waals surface area contributed by atoms with Gasteiger partial charge in [-0.1, -0.05) is 6.07 Å². The fraction of sp³-hybridized carbons (Fsp3) is 0.615. The molecule has 0 aliphatic rings. The quantitative estimate of drug-likeness (QED) is 0.701. The molecule has 0 saturated carbocycles. The third-order valence-corrected chi connectivity index (χ3v) is 2.70. The van der Waals surface area contributed by atoms with E-state index in [0.29, 0.717) is 19.8 Å². The summed E-state index contributed by atoms with van der Waals surface area (Å²) in [5.41, 5.74) is 6.68. The molecule has 0 atom stereocenters. The second-order valence-electron chi connectivity index (χ2n) is 4.04. The van der Waals surface area contributed by atoms with Crippen LogP contribution in [0.2, 0.25) is 0 Å². The van der Waals surface area contributed by atoms with Crippen molar-refractivity contribution in [3.05, 3.63) is 23.9 Å². The molecule has 0 bridgehead atoms. The van der Waals surface area contributed by atoms with E-state index in [1.807, 2.05) is 12.3 Å². The number of ether oxygens (including phenoxy) is 2. The molecule has 5 heteroatoms. The summed E-state index contributed by atoms with van der Waals surface area (Å²) in [6.07, 6.45) is 2.75. The van der Waals surface area contributed by atoms with E-state index in [0.717, 1.165) is 25.3 Å². The van der Waals surface area contributed by atoms with Gasteiger partial charge < -0.3 is 20.1 Å². The number of methoxy groups -OCH3 is 2. The number of aromatic nitrogens is 1. The Kier molecular flexibility index (Phi) is 7.32. The molecule has 0 fully saturated rings. The Morgan fingerprint density at radius 3 is 2.28 bits per heavy atom. The van der Waals surface area contributed by atoms with Crippen molar-refractivity contribution in [2.75, 3.05) is 52.0 Å². The summed E-state index contributed by atoms with van der Waals surface area (Å²) in [5.74, 6) is 0.949. The largest absolute Gasteiger partial charge is 0.383 e. The zero-order valence-electron chi connectivity index (χ0n) is 11.3. The Balaban J connectivity index is 2.64. The molecule has 0 aromatic carbocycles. The Bertz CT molecular complexity index is 309. The summed E-state index contributed by atoms with van der Waals surface area (Å²) in [7, 11) is 3.40. The van der Waals surface area contributed by atoms with Crippen LogP contribution in [0, 0.1) is 0 Å². The Labute approximate surface area is 109 Å². The van der Waals surface area contributed by atoms with E-state index < -0.39 is 0 Å². The van der Waals surface area contributed by atoms with Crippen LogP contribution in [0.1, 0.15) is 5.56 Å². The first-order chi connectivity index (χ1) is 8.81. The molecule has 18 heavy (non-hydrogen) atoms. The second-order valence-corrected chi connectivity index (χ2v) is 4.04. The van der Waals surface area contributed by atoms with E-state index in [1.165, 1.54) is 5.56 Å². The molecule has 0 amide bonds. The van der Waals surface area contributed by atoms with Crippen molar-refractivity contribution < 1.29 is 9.47 Å². The van der Waals surface area contributed by atoms with Gasteiger partial charge in [0.15, 0.2) is 0 Å². The van der Waals surface area contributed by atoms with Crippen molar-refractivity contribution in [2.24, 2.45) is 5.73 Å². The maximum absolute atomic E-state index is 5.52. The van der Waals surface area contributed by atoms with Crippen molar-refractivity contribution in [3.8, 4) is 0 Å². The third-order valence-electron chi connectivity index (χ3n) is 2.70. The number of rotatable bonds is 9. The minimum absolute atomic E-state index is 0.651. The van der Waals surface area contributed by atoms with Crippen LogP contribution >= 0.6 is 0 Å². The van der Waals surface area contributed by atoms with Crippen molar-refractivity contribution in [1.29, 1.82) is 0 Å².